The smallest absolute Gasteiger partial charge is 0.245 e. The topological polar surface area (TPSA) is 49.4 Å². The van der Waals surface area contributed by atoms with Crippen molar-refractivity contribution in [1.29, 1.82) is 0 Å². The van der Waals surface area contributed by atoms with Crippen LogP contribution in [0.3, 0.4) is 0 Å². The van der Waals surface area contributed by atoms with E-state index < -0.39 is 6.04 Å². The number of hydrogen-bond acceptors (Lipinski definition) is 2. The molecule has 1 saturated carbocycles. The molecular weight excluding hydrogens is 228 g/mol. The molecule has 102 valence electrons. The second-order valence-corrected chi connectivity index (χ2v) is 6.73. The van der Waals surface area contributed by atoms with Gasteiger partial charge in [0.2, 0.25) is 11.8 Å². The van der Waals surface area contributed by atoms with Crippen LogP contribution in [0.2, 0.25) is 0 Å². The number of hydrogen-bond donors (Lipinski definition) is 1. The van der Waals surface area contributed by atoms with Crippen molar-refractivity contribution in [3.05, 3.63) is 0 Å². The summed E-state index contributed by atoms with van der Waals surface area (Å²) in [5.74, 6) is 0.726. The summed E-state index contributed by atoms with van der Waals surface area (Å²) in [7, 11) is 0. The maximum atomic E-state index is 12.6. The van der Waals surface area contributed by atoms with E-state index in [0.717, 1.165) is 0 Å². The molecule has 2 aliphatic rings. The molecule has 0 aromatic rings. The summed E-state index contributed by atoms with van der Waals surface area (Å²) in [5.41, 5.74) is -0.237. The Morgan fingerprint density at radius 3 is 2.39 bits per heavy atom. The van der Waals surface area contributed by atoms with Gasteiger partial charge >= 0.3 is 0 Å². The normalized spacial score (nSPS) is 27.8. The molecule has 0 spiro atoms. The van der Waals surface area contributed by atoms with E-state index >= 15 is 0 Å². The van der Waals surface area contributed by atoms with E-state index in [1.165, 1.54) is 12.8 Å². The van der Waals surface area contributed by atoms with Crippen molar-refractivity contribution in [3.8, 4) is 0 Å². The first kappa shape index (κ1) is 13.4. The third-order valence-corrected chi connectivity index (χ3v) is 4.08. The maximum absolute atomic E-state index is 12.6. The Kier molecular flexibility index (Phi) is 3.39. The Bertz CT molecular complexity index is 355. The molecule has 2 fully saturated rings. The third-order valence-electron chi connectivity index (χ3n) is 4.08. The van der Waals surface area contributed by atoms with Crippen molar-refractivity contribution in [3.63, 3.8) is 0 Å². The summed E-state index contributed by atoms with van der Waals surface area (Å²) in [6, 6.07) is -0.122. The fraction of sp³-hybridized carbons (Fsp3) is 0.857. The van der Waals surface area contributed by atoms with Crippen molar-refractivity contribution in [2.45, 2.75) is 59.0 Å². The van der Waals surface area contributed by atoms with Crippen LogP contribution in [0, 0.1) is 11.3 Å². The monoisotopic (exact) mass is 252 g/mol. The lowest BCUT2D eigenvalue weighted by atomic mass is 9.85. The quantitative estimate of drug-likeness (QED) is 0.810. The van der Waals surface area contributed by atoms with Gasteiger partial charge in [0.25, 0.3) is 0 Å². The zero-order chi connectivity index (χ0) is 13.5. The molecule has 0 aromatic heterocycles. The highest BCUT2D eigenvalue weighted by atomic mass is 16.2. The van der Waals surface area contributed by atoms with Crippen molar-refractivity contribution in [2.24, 2.45) is 11.3 Å². The van der Waals surface area contributed by atoms with E-state index in [9.17, 15) is 9.59 Å². The first-order chi connectivity index (χ1) is 8.30. The molecule has 0 bridgehead atoms. The Labute approximate surface area is 109 Å². The summed E-state index contributed by atoms with van der Waals surface area (Å²) in [4.78, 5) is 26.3. The number of nitrogens with one attached hydrogen (secondary N) is 1. The van der Waals surface area contributed by atoms with Crippen LogP contribution < -0.4 is 5.32 Å². The largest absolute Gasteiger partial charge is 0.344 e. The van der Waals surface area contributed by atoms with Crippen LogP contribution in [0.5, 0.6) is 0 Å². The Balaban J connectivity index is 2.20. The Hall–Kier alpha value is -1.06. The first-order valence-corrected chi connectivity index (χ1v) is 6.90. The highest BCUT2D eigenvalue weighted by molar-refractivity contribution is 5.90. The SMILES string of the molecule is CC(C1CC1)N1CCC(=O)NC(C(C)(C)C)C1=O. The zero-order valence-electron chi connectivity index (χ0n) is 11.8. The zero-order valence-corrected chi connectivity index (χ0v) is 11.8. The van der Waals surface area contributed by atoms with Gasteiger partial charge in [-0.05, 0) is 31.1 Å². The highest BCUT2D eigenvalue weighted by Gasteiger charge is 2.42. The molecule has 2 rings (SSSR count). The van der Waals surface area contributed by atoms with Crippen LogP contribution >= 0.6 is 0 Å². The second kappa shape index (κ2) is 4.56. The van der Waals surface area contributed by atoms with E-state index in [2.05, 4.69) is 12.2 Å². The fourth-order valence-corrected chi connectivity index (χ4v) is 2.62. The van der Waals surface area contributed by atoms with E-state index in [0.29, 0.717) is 18.9 Å². The van der Waals surface area contributed by atoms with Gasteiger partial charge in [-0.3, -0.25) is 9.59 Å². The van der Waals surface area contributed by atoms with E-state index in [1.807, 2.05) is 25.7 Å². The Morgan fingerprint density at radius 2 is 1.89 bits per heavy atom. The molecule has 2 atom stereocenters. The lowest BCUT2D eigenvalue weighted by Crippen LogP contribution is -2.53. The van der Waals surface area contributed by atoms with E-state index in [-0.39, 0.29) is 23.3 Å². The van der Waals surface area contributed by atoms with Crippen LogP contribution in [0.25, 0.3) is 0 Å². The molecule has 0 radical (unpaired) electrons. The Morgan fingerprint density at radius 1 is 1.28 bits per heavy atom. The van der Waals surface area contributed by atoms with Gasteiger partial charge in [0.1, 0.15) is 6.04 Å². The van der Waals surface area contributed by atoms with Crippen molar-refractivity contribution in [2.75, 3.05) is 6.54 Å². The molecular formula is C14H24N2O2. The van der Waals surface area contributed by atoms with Crippen LogP contribution in [0.4, 0.5) is 0 Å². The summed E-state index contributed by atoms with van der Waals surface area (Å²) >= 11 is 0. The standard InChI is InChI=1S/C14H24N2O2/c1-9(10-5-6-10)16-8-7-11(17)15-12(13(16)18)14(2,3)4/h9-10,12H,5-8H2,1-4H3,(H,15,17). The van der Waals surface area contributed by atoms with Gasteiger partial charge < -0.3 is 10.2 Å². The minimum Gasteiger partial charge on any atom is -0.344 e. The van der Waals surface area contributed by atoms with Gasteiger partial charge in [0, 0.05) is 19.0 Å². The number of carbonyl (C=O) groups is 2. The van der Waals surface area contributed by atoms with Crippen LogP contribution in [0.1, 0.15) is 47.0 Å². The van der Waals surface area contributed by atoms with Crippen LogP contribution in [-0.2, 0) is 9.59 Å². The molecule has 1 saturated heterocycles. The lowest BCUT2D eigenvalue weighted by Gasteiger charge is -2.35. The number of amides is 2. The van der Waals surface area contributed by atoms with Crippen molar-refractivity contribution < 1.29 is 9.59 Å². The molecule has 2 unspecified atom stereocenters. The van der Waals surface area contributed by atoms with Crippen molar-refractivity contribution >= 4 is 11.8 Å². The van der Waals surface area contributed by atoms with Crippen LogP contribution in [0.15, 0.2) is 0 Å². The molecule has 1 aliphatic carbocycles. The average Bonchev–Trinajstić information content (AvgIpc) is 3.06. The summed E-state index contributed by atoms with van der Waals surface area (Å²) in [6.45, 7) is 8.68. The predicted octanol–water partition coefficient (Wildman–Crippen LogP) is 1.55. The fourth-order valence-electron chi connectivity index (χ4n) is 2.62. The average molecular weight is 252 g/mol. The summed E-state index contributed by atoms with van der Waals surface area (Å²) in [5, 5.41) is 2.88. The number of carbonyl (C=O) groups excluding carboxylic acids is 2. The maximum Gasteiger partial charge on any atom is 0.245 e. The van der Waals surface area contributed by atoms with Gasteiger partial charge in [-0.2, -0.15) is 0 Å². The molecule has 1 N–H and O–H groups in total. The van der Waals surface area contributed by atoms with Gasteiger partial charge in [-0.15, -0.1) is 0 Å². The molecule has 2 amide bonds. The van der Waals surface area contributed by atoms with Gasteiger partial charge in [0.15, 0.2) is 0 Å². The van der Waals surface area contributed by atoms with E-state index in [4.69, 9.17) is 0 Å². The van der Waals surface area contributed by atoms with Gasteiger partial charge in [-0.25, -0.2) is 0 Å². The van der Waals surface area contributed by atoms with Gasteiger partial charge in [-0.1, -0.05) is 20.8 Å². The highest BCUT2D eigenvalue weighted by Crippen LogP contribution is 2.36. The lowest BCUT2D eigenvalue weighted by molar-refractivity contribution is -0.138. The minimum absolute atomic E-state index is 0.00577. The second-order valence-electron chi connectivity index (χ2n) is 6.73. The van der Waals surface area contributed by atoms with E-state index in [1.54, 1.807) is 0 Å². The molecule has 0 aromatic carbocycles. The number of rotatable bonds is 2. The molecule has 4 heteroatoms. The van der Waals surface area contributed by atoms with Crippen molar-refractivity contribution in [1.82, 2.24) is 10.2 Å². The minimum atomic E-state index is -0.395. The first-order valence-electron chi connectivity index (χ1n) is 6.90. The number of nitrogens with zero attached hydrogens (tertiary/aromatic N) is 1. The summed E-state index contributed by atoms with van der Waals surface area (Å²) in [6.07, 6.45) is 2.86. The molecule has 1 aliphatic heterocycles. The molecule has 4 nitrogen and oxygen atoms in total. The molecule has 1 heterocycles. The third kappa shape index (κ3) is 2.68. The van der Waals surface area contributed by atoms with Gasteiger partial charge in [0.05, 0.1) is 0 Å². The predicted molar refractivity (Wildman–Crippen MR) is 69.9 cm³/mol. The summed E-state index contributed by atoms with van der Waals surface area (Å²) < 4.78 is 0. The van der Waals surface area contributed by atoms with Crippen LogP contribution in [-0.4, -0.2) is 35.3 Å². The molecule has 18 heavy (non-hydrogen) atoms.